The molecular formula is C21H29F3N4. The number of nitrogens with two attached hydrogens (primary N) is 1. The van der Waals surface area contributed by atoms with Gasteiger partial charge in [0.1, 0.15) is 11.6 Å². The van der Waals surface area contributed by atoms with Crippen molar-refractivity contribution in [2.24, 2.45) is 0 Å². The second kappa shape index (κ2) is 8.07. The van der Waals surface area contributed by atoms with Gasteiger partial charge in [0.15, 0.2) is 0 Å². The highest BCUT2D eigenvalue weighted by Crippen LogP contribution is 2.37. The van der Waals surface area contributed by atoms with Gasteiger partial charge in [-0.3, -0.25) is 0 Å². The van der Waals surface area contributed by atoms with Crippen LogP contribution in [0.15, 0.2) is 36.2 Å². The molecule has 0 aromatic heterocycles. The monoisotopic (exact) mass is 394 g/mol. The maximum absolute atomic E-state index is 14.9. The Labute approximate surface area is 165 Å². The fourth-order valence-electron chi connectivity index (χ4n) is 4.27. The lowest BCUT2D eigenvalue weighted by molar-refractivity contribution is 0.0707. The van der Waals surface area contributed by atoms with Crippen LogP contribution in [-0.4, -0.2) is 53.5 Å². The third-order valence-corrected chi connectivity index (χ3v) is 5.72. The molecule has 28 heavy (non-hydrogen) atoms. The molecule has 2 aliphatic rings. The minimum Gasteiger partial charge on any atom is -0.399 e. The van der Waals surface area contributed by atoms with Gasteiger partial charge in [-0.25, -0.2) is 13.2 Å². The third-order valence-electron chi connectivity index (χ3n) is 5.72. The molecule has 4 nitrogen and oxygen atoms in total. The topological polar surface area (TPSA) is 35.7 Å². The van der Waals surface area contributed by atoms with Crippen LogP contribution in [0.5, 0.6) is 0 Å². The Hall–Kier alpha value is -2.15. The Morgan fingerprint density at radius 2 is 1.82 bits per heavy atom. The molecule has 1 aromatic rings. The highest BCUT2D eigenvalue weighted by atomic mass is 19.3. The number of hydrogen-bond donors (Lipinski definition) is 1. The van der Waals surface area contributed by atoms with Crippen molar-refractivity contribution >= 4 is 5.69 Å². The molecule has 0 amide bonds. The number of piperazine rings is 1. The maximum atomic E-state index is 14.9. The summed E-state index contributed by atoms with van der Waals surface area (Å²) in [4.78, 5) is 6.69. The number of likely N-dealkylation sites (N-methyl/N-ethyl adjacent to an activating group) is 1. The first-order chi connectivity index (χ1) is 13.2. The van der Waals surface area contributed by atoms with E-state index in [4.69, 9.17) is 5.73 Å². The number of nitrogens with zero attached hydrogens (tertiary/aromatic N) is 3. The van der Waals surface area contributed by atoms with Crippen LogP contribution < -0.4 is 5.73 Å². The average molecular weight is 394 g/mol. The lowest BCUT2D eigenvalue weighted by atomic mass is 9.98. The highest BCUT2D eigenvalue weighted by molar-refractivity contribution is 5.47. The predicted molar refractivity (Wildman–Crippen MR) is 106 cm³/mol. The zero-order valence-corrected chi connectivity index (χ0v) is 16.9. The SMILES string of the molecule is CC1C=CC=C(N2CCN(C)C[C@@H]2C)N1[C@H](C)c1cc(N)cc(C(F)F)c1F. The fourth-order valence-corrected chi connectivity index (χ4v) is 4.27. The van der Waals surface area contributed by atoms with E-state index in [0.29, 0.717) is 6.04 Å². The van der Waals surface area contributed by atoms with Crippen LogP contribution in [0.25, 0.3) is 0 Å². The van der Waals surface area contributed by atoms with Crippen LogP contribution in [0.3, 0.4) is 0 Å². The van der Waals surface area contributed by atoms with Gasteiger partial charge in [0.05, 0.1) is 11.6 Å². The summed E-state index contributed by atoms with van der Waals surface area (Å²) in [5, 5.41) is 0. The van der Waals surface area contributed by atoms with Crippen LogP contribution in [0.4, 0.5) is 18.9 Å². The summed E-state index contributed by atoms with van der Waals surface area (Å²) in [6.07, 6.45) is 3.16. The molecule has 1 unspecified atom stereocenters. The molecule has 1 saturated heterocycles. The van der Waals surface area contributed by atoms with E-state index in [2.05, 4.69) is 28.7 Å². The van der Waals surface area contributed by atoms with Crippen molar-refractivity contribution < 1.29 is 13.2 Å². The second-order valence-electron chi connectivity index (χ2n) is 7.85. The van der Waals surface area contributed by atoms with Gasteiger partial charge in [-0.1, -0.05) is 12.2 Å². The van der Waals surface area contributed by atoms with Gasteiger partial charge in [-0.05, 0) is 46.0 Å². The lowest BCUT2D eigenvalue weighted by Crippen LogP contribution is -2.54. The van der Waals surface area contributed by atoms with Crippen LogP contribution in [-0.2, 0) is 0 Å². The Balaban J connectivity index is 1.98. The Bertz CT molecular complexity index is 777. The molecule has 3 atom stereocenters. The number of allylic oxidation sites excluding steroid dienone is 2. The molecule has 2 N–H and O–H groups in total. The number of halogens is 3. The molecule has 1 aromatic carbocycles. The van der Waals surface area contributed by atoms with Gasteiger partial charge in [0, 0.05) is 43.0 Å². The van der Waals surface area contributed by atoms with Crippen LogP contribution >= 0.6 is 0 Å². The number of benzene rings is 1. The van der Waals surface area contributed by atoms with Crippen molar-refractivity contribution in [2.75, 3.05) is 32.4 Å². The van der Waals surface area contributed by atoms with E-state index < -0.39 is 23.8 Å². The van der Waals surface area contributed by atoms with Gasteiger partial charge in [0.25, 0.3) is 6.43 Å². The molecule has 0 aliphatic carbocycles. The minimum absolute atomic E-state index is 0.00214. The number of alkyl halides is 2. The van der Waals surface area contributed by atoms with Crippen molar-refractivity contribution in [1.29, 1.82) is 0 Å². The molecule has 2 aliphatic heterocycles. The number of anilines is 1. The van der Waals surface area contributed by atoms with Crippen LogP contribution in [0, 0.1) is 5.82 Å². The summed E-state index contributed by atoms with van der Waals surface area (Å²) in [7, 11) is 2.10. The number of rotatable bonds is 4. The summed E-state index contributed by atoms with van der Waals surface area (Å²) in [6, 6.07) is 2.34. The largest absolute Gasteiger partial charge is 0.399 e. The van der Waals surface area contributed by atoms with E-state index in [1.54, 1.807) is 0 Å². The van der Waals surface area contributed by atoms with Gasteiger partial charge in [-0.2, -0.15) is 0 Å². The van der Waals surface area contributed by atoms with Gasteiger partial charge < -0.3 is 20.4 Å². The Morgan fingerprint density at radius 1 is 1.14 bits per heavy atom. The highest BCUT2D eigenvalue weighted by Gasteiger charge is 2.33. The molecule has 0 radical (unpaired) electrons. The molecule has 154 valence electrons. The Kier molecular flexibility index (Phi) is 5.93. The van der Waals surface area contributed by atoms with Crippen molar-refractivity contribution in [3.63, 3.8) is 0 Å². The van der Waals surface area contributed by atoms with Crippen LogP contribution in [0.2, 0.25) is 0 Å². The molecular weight excluding hydrogens is 365 g/mol. The zero-order valence-electron chi connectivity index (χ0n) is 16.9. The standard InChI is InChI=1S/C21H29F3N4/c1-13-6-5-7-19(27-9-8-26(4)12-14(27)2)28(13)15(3)17-10-16(25)11-18(20(17)22)21(23)24/h5-7,10-11,13-15,21H,8-9,12,25H2,1-4H3/t13?,14-,15+/m0/s1. The van der Waals surface area contributed by atoms with Crippen molar-refractivity contribution in [3.05, 3.63) is 53.1 Å². The van der Waals surface area contributed by atoms with Gasteiger partial charge >= 0.3 is 0 Å². The first-order valence-electron chi connectivity index (χ1n) is 9.69. The minimum atomic E-state index is -2.90. The van der Waals surface area contributed by atoms with E-state index in [0.717, 1.165) is 31.5 Å². The maximum Gasteiger partial charge on any atom is 0.266 e. The molecule has 3 rings (SSSR count). The van der Waals surface area contributed by atoms with Crippen molar-refractivity contribution in [1.82, 2.24) is 14.7 Å². The van der Waals surface area contributed by atoms with Crippen molar-refractivity contribution in [2.45, 2.75) is 45.3 Å². The van der Waals surface area contributed by atoms with E-state index in [1.807, 2.05) is 32.1 Å². The van der Waals surface area contributed by atoms with Gasteiger partial charge in [-0.15, -0.1) is 0 Å². The summed E-state index contributed by atoms with van der Waals surface area (Å²) in [6.45, 7) is 8.76. The summed E-state index contributed by atoms with van der Waals surface area (Å²) in [5.41, 5.74) is 5.53. The first kappa shape index (κ1) is 20.6. The molecule has 7 heteroatoms. The number of nitrogen functional groups attached to an aromatic ring is 1. The Morgan fingerprint density at radius 3 is 2.46 bits per heavy atom. The average Bonchev–Trinajstić information content (AvgIpc) is 2.62. The first-order valence-corrected chi connectivity index (χ1v) is 9.69. The molecule has 2 heterocycles. The molecule has 0 saturated carbocycles. The summed E-state index contributed by atoms with van der Waals surface area (Å²) < 4.78 is 41.5. The predicted octanol–water partition coefficient (Wildman–Crippen LogP) is 4.14. The van der Waals surface area contributed by atoms with E-state index >= 15 is 0 Å². The summed E-state index contributed by atoms with van der Waals surface area (Å²) in [5.74, 6) is 0.118. The normalized spacial score (nSPS) is 24.6. The molecule has 1 fully saturated rings. The fraction of sp³-hybridized carbons (Fsp3) is 0.524. The molecule has 0 spiro atoms. The smallest absolute Gasteiger partial charge is 0.266 e. The lowest BCUT2D eigenvalue weighted by Gasteiger charge is -2.48. The number of hydrogen-bond acceptors (Lipinski definition) is 4. The van der Waals surface area contributed by atoms with Crippen LogP contribution in [0.1, 0.15) is 44.4 Å². The zero-order chi connectivity index (χ0) is 20.6. The summed E-state index contributed by atoms with van der Waals surface area (Å²) >= 11 is 0. The second-order valence-corrected chi connectivity index (χ2v) is 7.85. The van der Waals surface area contributed by atoms with E-state index in [1.165, 1.54) is 6.07 Å². The molecule has 0 bridgehead atoms. The van der Waals surface area contributed by atoms with E-state index in [9.17, 15) is 13.2 Å². The van der Waals surface area contributed by atoms with Crippen molar-refractivity contribution in [3.8, 4) is 0 Å². The third kappa shape index (κ3) is 3.85. The van der Waals surface area contributed by atoms with Gasteiger partial charge in [0.2, 0.25) is 0 Å². The van der Waals surface area contributed by atoms with E-state index in [-0.39, 0.29) is 17.3 Å². The quantitative estimate of drug-likeness (QED) is 0.779.